The monoisotopic (exact) mass is 505 g/mol. The van der Waals surface area contributed by atoms with Crippen molar-refractivity contribution in [3.8, 4) is 21.8 Å². The van der Waals surface area contributed by atoms with Crippen molar-refractivity contribution >= 4 is 51.1 Å². The van der Waals surface area contributed by atoms with Crippen LogP contribution in [0.3, 0.4) is 0 Å². The molecule has 0 radical (unpaired) electrons. The zero-order valence-corrected chi connectivity index (χ0v) is 21.1. The Hall–Kier alpha value is -3.26. The molecule has 5 nitrogen and oxygen atoms in total. The molecule has 0 saturated carbocycles. The third-order valence-corrected chi connectivity index (χ3v) is 7.60. The lowest BCUT2D eigenvalue weighted by molar-refractivity contribution is 0.103. The Morgan fingerprint density at radius 3 is 2.47 bits per heavy atom. The standard InChI is InChI=1S/C26H20ClN3O2S2/c1-15-4-6-16(7-5-15)20-14-33-24(28-20)19-12-21(23(31)17-8-10-18(27)11-9-17)30-25(32)22(13-29(2)3)34-26(19)30/h4-14H,1-3H3/b22-13+. The maximum atomic E-state index is 13.4. The van der Waals surface area contributed by atoms with Crippen molar-refractivity contribution in [1.82, 2.24) is 14.3 Å². The van der Waals surface area contributed by atoms with Crippen LogP contribution in [0.5, 0.6) is 0 Å². The lowest BCUT2D eigenvalue weighted by atomic mass is 10.1. The fraction of sp³-hybridized carbons (Fsp3) is 0.115. The Balaban J connectivity index is 1.70. The smallest absolute Gasteiger partial charge is 0.275 e. The van der Waals surface area contributed by atoms with E-state index >= 15 is 0 Å². The van der Waals surface area contributed by atoms with Gasteiger partial charge in [0, 0.05) is 47.4 Å². The molecule has 3 heterocycles. The Morgan fingerprint density at radius 2 is 1.79 bits per heavy atom. The Labute approximate surface area is 209 Å². The first-order valence-corrected chi connectivity index (χ1v) is 12.6. The number of aromatic nitrogens is 2. The third-order valence-electron chi connectivity index (χ3n) is 5.37. The highest BCUT2D eigenvalue weighted by Gasteiger charge is 2.23. The molecular formula is C26H20ClN3O2S2. The highest BCUT2D eigenvalue weighted by molar-refractivity contribution is 7.17. The molecule has 0 unspecified atom stereocenters. The number of hydrogen-bond acceptors (Lipinski definition) is 6. The zero-order valence-electron chi connectivity index (χ0n) is 18.7. The summed E-state index contributed by atoms with van der Waals surface area (Å²) in [6.45, 7) is 2.05. The SMILES string of the molecule is Cc1ccc(-c2csc(-c3cc(C(=O)c4ccc(Cl)cc4)n4c(=O)/c(=C\N(C)C)sc34)n2)cc1. The van der Waals surface area contributed by atoms with E-state index in [1.807, 2.05) is 43.4 Å². The molecule has 0 aliphatic carbocycles. The quantitative estimate of drug-likeness (QED) is 0.302. The van der Waals surface area contributed by atoms with Crippen molar-refractivity contribution in [2.75, 3.05) is 14.1 Å². The number of nitrogens with zero attached hydrogens (tertiary/aromatic N) is 3. The molecule has 5 rings (SSSR count). The molecule has 8 heteroatoms. The predicted molar refractivity (Wildman–Crippen MR) is 141 cm³/mol. The van der Waals surface area contributed by atoms with Crippen molar-refractivity contribution in [3.05, 3.63) is 96.7 Å². The summed E-state index contributed by atoms with van der Waals surface area (Å²) < 4.78 is 2.07. The van der Waals surface area contributed by atoms with E-state index in [9.17, 15) is 9.59 Å². The van der Waals surface area contributed by atoms with E-state index in [4.69, 9.17) is 16.6 Å². The summed E-state index contributed by atoms with van der Waals surface area (Å²) >= 11 is 8.86. The maximum Gasteiger partial charge on any atom is 0.275 e. The second kappa shape index (κ2) is 8.83. The van der Waals surface area contributed by atoms with Crippen molar-refractivity contribution < 1.29 is 4.79 Å². The maximum absolute atomic E-state index is 13.4. The number of thiazole rings is 2. The number of rotatable bonds is 5. The van der Waals surface area contributed by atoms with E-state index in [0.717, 1.165) is 21.8 Å². The number of carbonyl (C=O) groups is 1. The van der Waals surface area contributed by atoms with Gasteiger partial charge in [-0.3, -0.25) is 14.0 Å². The van der Waals surface area contributed by atoms with E-state index in [-0.39, 0.29) is 11.3 Å². The van der Waals surface area contributed by atoms with Crippen LogP contribution < -0.4 is 10.1 Å². The van der Waals surface area contributed by atoms with Gasteiger partial charge in [-0.05, 0) is 37.3 Å². The summed E-state index contributed by atoms with van der Waals surface area (Å²) in [6.07, 6.45) is 1.78. The molecule has 0 spiro atoms. The number of hydrogen-bond donors (Lipinski definition) is 0. The number of halogens is 1. The van der Waals surface area contributed by atoms with Gasteiger partial charge in [0.15, 0.2) is 0 Å². The number of fused-ring (bicyclic) bond motifs is 1. The van der Waals surface area contributed by atoms with Gasteiger partial charge in [-0.1, -0.05) is 41.4 Å². The first kappa shape index (κ1) is 22.5. The predicted octanol–water partition coefficient (Wildman–Crippen LogP) is 5.36. The van der Waals surface area contributed by atoms with Crippen molar-refractivity contribution in [1.29, 1.82) is 0 Å². The molecule has 0 fully saturated rings. The Bertz CT molecular complexity index is 1630. The van der Waals surface area contributed by atoms with Crippen LogP contribution >= 0.6 is 34.3 Å². The molecule has 170 valence electrons. The van der Waals surface area contributed by atoms with Crippen LogP contribution in [-0.4, -0.2) is 34.2 Å². The third kappa shape index (κ3) is 4.07. The number of aryl methyl sites for hydroxylation is 1. The van der Waals surface area contributed by atoms with E-state index in [1.165, 1.54) is 32.6 Å². The Morgan fingerprint density at radius 1 is 1.09 bits per heavy atom. The van der Waals surface area contributed by atoms with Crippen LogP contribution in [0.15, 0.2) is 64.8 Å². The van der Waals surface area contributed by atoms with Crippen LogP contribution in [-0.2, 0) is 0 Å². The van der Waals surface area contributed by atoms with Crippen molar-refractivity contribution in [3.63, 3.8) is 0 Å². The highest BCUT2D eigenvalue weighted by atomic mass is 35.5. The minimum Gasteiger partial charge on any atom is -0.382 e. The van der Waals surface area contributed by atoms with Crippen LogP contribution in [0.1, 0.15) is 21.6 Å². The molecule has 0 saturated heterocycles. The summed E-state index contributed by atoms with van der Waals surface area (Å²) in [5, 5.41) is 3.32. The second-order valence-corrected chi connectivity index (χ2v) is 10.5. The van der Waals surface area contributed by atoms with Crippen LogP contribution in [0.4, 0.5) is 0 Å². The fourth-order valence-electron chi connectivity index (χ4n) is 3.69. The van der Waals surface area contributed by atoms with Crippen LogP contribution in [0.25, 0.3) is 32.9 Å². The van der Waals surface area contributed by atoms with Crippen LogP contribution in [0, 0.1) is 6.92 Å². The van der Waals surface area contributed by atoms with E-state index in [2.05, 4.69) is 12.1 Å². The zero-order chi connectivity index (χ0) is 24.0. The number of carbonyl (C=O) groups excluding carboxylic acids is 1. The molecule has 5 aromatic rings. The first-order valence-electron chi connectivity index (χ1n) is 10.5. The summed E-state index contributed by atoms with van der Waals surface area (Å²) in [4.78, 5) is 34.1. The summed E-state index contributed by atoms with van der Waals surface area (Å²) in [6, 6.07) is 16.7. The van der Waals surface area contributed by atoms with Gasteiger partial charge in [-0.15, -0.1) is 22.7 Å². The molecule has 3 aromatic heterocycles. The lowest BCUT2D eigenvalue weighted by Crippen LogP contribution is -2.27. The largest absolute Gasteiger partial charge is 0.382 e. The molecule has 0 atom stereocenters. The molecule has 0 amide bonds. The van der Waals surface area contributed by atoms with Gasteiger partial charge in [-0.2, -0.15) is 0 Å². The van der Waals surface area contributed by atoms with Crippen molar-refractivity contribution in [2.45, 2.75) is 6.92 Å². The fourth-order valence-corrected chi connectivity index (χ4v) is 5.92. The Kier molecular flexibility index (Phi) is 5.85. The minimum atomic E-state index is -0.237. The average molecular weight is 506 g/mol. The normalized spacial score (nSPS) is 11.9. The topological polar surface area (TPSA) is 54.7 Å². The summed E-state index contributed by atoms with van der Waals surface area (Å²) in [7, 11) is 3.73. The molecule has 0 N–H and O–H groups in total. The average Bonchev–Trinajstić information content (AvgIpc) is 3.50. The molecule has 0 aliphatic heterocycles. The first-order chi connectivity index (χ1) is 16.3. The highest BCUT2D eigenvalue weighted by Crippen LogP contribution is 2.34. The second-order valence-electron chi connectivity index (χ2n) is 8.19. The van der Waals surface area contributed by atoms with Crippen LogP contribution in [0.2, 0.25) is 5.02 Å². The molecule has 34 heavy (non-hydrogen) atoms. The summed E-state index contributed by atoms with van der Waals surface area (Å²) in [5.41, 5.74) is 4.43. The minimum absolute atomic E-state index is 0.215. The van der Waals surface area contributed by atoms with Gasteiger partial charge in [-0.25, -0.2) is 4.98 Å². The molecule has 2 aromatic carbocycles. The molecule has 0 bridgehead atoms. The number of benzene rings is 2. The van der Waals surface area contributed by atoms with E-state index < -0.39 is 0 Å². The van der Waals surface area contributed by atoms with Gasteiger partial charge in [0.25, 0.3) is 5.56 Å². The van der Waals surface area contributed by atoms with Gasteiger partial charge in [0.1, 0.15) is 14.4 Å². The van der Waals surface area contributed by atoms with Gasteiger partial charge >= 0.3 is 0 Å². The van der Waals surface area contributed by atoms with Gasteiger partial charge < -0.3 is 4.90 Å². The van der Waals surface area contributed by atoms with E-state index in [1.54, 1.807) is 36.5 Å². The molecular weight excluding hydrogens is 486 g/mol. The van der Waals surface area contributed by atoms with Crippen molar-refractivity contribution in [2.24, 2.45) is 0 Å². The number of ketones is 1. The lowest BCUT2D eigenvalue weighted by Gasteiger charge is -2.01. The summed E-state index contributed by atoms with van der Waals surface area (Å²) in [5.74, 6) is -0.237. The van der Waals surface area contributed by atoms with Gasteiger partial charge in [0.05, 0.1) is 11.4 Å². The molecule has 0 aliphatic rings. The van der Waals surface area contributed by atoms with Gasteiger partial charge in [0.2, 0.25) is 5.78 Å². The van der Waals surface area contributed by atoms with E-state index in [0.29, 0.717) is 25.6 Å².